The summed E-state index contributed by atoms with van der Waals surface area (Å²) in [5.41, 5.74) is 7.04. The molecule has 2 amide bonds. The van der Waals surface area contributed by atoms with E-state index in [4.69, 9.17) is 17.3 Å². The van der Waals surface area contributed by atoms with Gasteiger partial charge in [0.25, 0.3) is 11.8 Å². The number of nitrogens with one attached hydrogen (secondary N) is 1. The first-order valence-electron chi connectivity index (χ1n) is 5.81. The van der Waals surface area contributed by atoms with E-state index in [0.717, 1.165) is 0 Å². The Kier molecular flexibility index (Phi) is 4.00. The quantitative estimate of drug-likeness (QED) is 0.851. The van der Waals surface area contributed by atoms with Crippen LogP contribution in [0.4, 0.5) is 5.69 Å². The molecule has 1 aromatic heterocycles. The molecule has 2 rings (SSSR count). The fraction of sp³-hybridized carbons (Fsp3) is 0.0714. The number of primary amides is 1. The Morgan fingerprint density at radius 2 is 2.05 bits per heavy atom. The molecule has 0 radical (unpaired) electrons. The molecular formula is C14H12ClN3O2. The molecule has 1 aromatic carbocycles. The number of carbonyl (C=O) groups excluding carboxylic acids is 2. The van der Waals surface area contributed by atoms with Crippen LogP contribution in [0.15, 0.2) is 36.5 Å². The third-order valence-electron chi connectivity index (χ3n) is 2.76. The monoisotopic (exact) mass is 289 g/mol. The third kappa shape index (κ3) is 2.95. The first-order valence-corrected chi connectivity index (χ1v) is 6.19. The molecule has 0 saturated heterocycles. The Bertz CT molecular complexity index is 686. The Labute approximate surface area is 120 Å². The van der Waals surface area contributed by atoms with Crippen LogP contribution < -0.4 is 11.1 Å². The van der Waals surface area contributed by atoms with E-state index in [1.54, 1.807) is 25.1 Å². The molecule has 0 saturated carbocycles. The van der Waals surface area contributed by atoms with E-state index in [9.17, 15) is 9.59 Å². The highest BCUT2D eigenvalue weighted by atomic mass is 35.5. The minimum atomic E-state index is -0.592. The van der Waals surface area contributed by atoms with Crippen molar-refractivity contribution in [2.45, 2.75) is 6.92 Å². The van der Waals surface area contributed by atoms with E-state index < -0.39 is 5.91 Å². The number of hydrogen-bond acceptors (Lipinski definition) is 3. The van der Waals surface area contributed by atoms with Gasteiger partial charge in [-0.3, -0.25) is 9.59 Å². The van der Waals surface area contributed by atoms with Gasteiger partial charge >= 0.3 is 0 Å². The maximum Gasteiger partial charge on any atom is 0.255 e. The van der Waals surface area contributed by atoms with Crippen molar-refractivity contribution in [2.75, 3.05) is 5.32 Å². The molecule has 2 aromatic rings. The summed E-state index contributed by atoms with van der Waals surface area (Å²) in [6.45, 7) is 1.75. The summed E-state index contributed by atoms with van der Waals surface area (Å²) in [4.78, 5) is 27.4. The number of hydrogen-bond donors (Lipinski definition) is 2. The predicted octanol–water partition coefficient (Wildman–Crippen LogP) is 2.39. The fourth-order valence-electron chi connectivity index (χ4n) is 1.84. The maximum atomic E-state index is 12.1. The van der Waals surface area contributed by atoms with E-state index >= 15 is 0 Å². The van der Waals surface area contributed by atoms with Gasteiger partial charge in [0.1, 0.15) is 5.15 Å². The van der Waals surface area contributed by atoms with Crippen LogP contribution in [-0.4, -0.2) is 16.8 Å². The zero-order valence-electron chi connectivity index (χ0n) is 10.7. The van der Waals surface area contributed by atoms with Crippen molar-refractivity contribution >= 4 is 29.1 Å². The van der Waals surface area contributed by atoms with Crippen molar-refractivity contribution < 1.29 is 9.59 Å². The maximum absolute atomic E-state index is 12.1. The zero-order chi connectivity index (χ0) is 14.7. The molecule has 6 heteroatoms. The summed E-state index contributed by atoms with van der Waals surface area (Å²) < 4.78 is 0. The van der Waals surface area contributed by atoms with Gasteiger partial charge in [-0.25, -0.2) is 4.98 Å². The van der Waals surface area contributed by atoms with Gasteiger partial charge in [0.2, 0.25) is 0 Å². The first-order chi connectivity index (χ1) is 9.49. The topological polar surface area (TPSA) is 85.1 Å². The van der Waals surface area contributed by atoms with Crippen LogP contribution in [0.2, 0.25) is 5.15 Å². The first kappa shape index (κ1) is 14.0. The average molecular weight is 290 g/mol. The van der Waals surface area contributed by atoms with E-state index in [0.29, 0.717) is 22.4 Å². The fourth-order valence-corrected chi connectivity index (χ4v) is 2.01. The van der Waals surface area contributed by atoms with Crippen LogP contribution in [0.1, 0.15) is 26.3 Å². The van der Waals surface area contributed by atoms with Crippen LogP contribution in [0.5, 0.6) is 0 Å². The van der Waals surface area contributed by atoms with Gasteiger partial charge in [0.15, 0.2) is 0 Å². The second kappa shape index (κ2) is 5.71. The van der Waals surface area contributed by atoms with Crippen LogP contribution in [0.3, 0.4) is 0 Å². The molecule has 0 aliphatic rings. The summed E-state index contributed by atoms with van der Waals surface area (Å²) in [5.74, 6) is -0.978. The van der Waals surface area contributed by atoms with Crippen molar-refractivity contribution in [3.63, 3.8) is 0 Å². The molecule has 5 nitrogen and oxygen atoms in total. The lowest BCUT2D eigenvalue weighted by molar-refractivity contribution is 0.100. The van der Waals surface area contributed by atoms with Gasteiger partial charge in [-0.1, -0.05) is 23.7 Å². The van der Waals surface area contributed by atoms with Crippen LogP contribution in [0.25, 0.3) is 0 Å². The van der Waals surface area contributed by atoms with Crippen LogP contribution >= 0.6 is 11.6 Å². The van der Waals surface area contributed by atoms with E-state index in [1.165, 1.54) is 18.3 Å². The molecule has 1 heterocycles. The second-order valence-electron chi connectivity index (χ2n) is 4.18. The lowest BCUT2D eigenvalue weighted by Gasteiger charge is -2.11. The Hall–Kier alpha value is -2.40. The smallest absolute Gasteiger partial charge is 0.255 e. The summed E-state index contributed by atoms with van der Waals surface area (Å²) in [6.07, 6.45) is 1.43. The second-order valence-corrected chi connectivity index (χ2v) is 4.57. The van der Waals surface area contributed by atoms with E-state index in [2.05, 4.69) is 10.3 Å². The number of halogens is 1. The average Bonchev–Trinajstić information content (AvgIpc) is 2.38. The van der Waals surface area contributed by atoms with Crippen LogP contribution in [-0.2, 0) is 0 Å². The van der Waals surface area contributed by atoms with Crippen LogP contribution in [0, 0.1) is 6.92 Å². The Balaban J connectivity index is 2.33. The van der Waals surface area contributed by atoms with Gasteiger partial charge < -0.3 is 11.1 Å². The molecular weight excluding hydrogens is 278 g/mol. The van der Waals surface area contributed by atoms with Gasteiger partial charge in [0, 0.05) is 11.8 Å². The number of anilines is 1. The number of aromatic nitrogens is 1. The van der Waals surface area contributed by atoms with Gasteiger partial charge in [0.05, 0.1) is 11.3 Å². The van der Waals surface area contributed by atoms with Gasteiger partial charge in [-0.05, 0) is 30.7 Å². The minimum Gasteiger partial charge on any atom is -0.366 e. The number of amides is 2. The predicted molar refractivity (Wildman–Crippen MR) is 76.9 cm³/mol. The van der Waals surface area contributed by atoms with Crippen molar-refractivity contribution in [1.82, 2.24) is 4.98 Å². The number of pyridine rings is 1. The summed E-state index contributed by atoms with van der Waals surface area (Å²) in [5, 5.41) is 2.87. The van der Waals surface area contributed by atoms with E-state index in [1.807, 2.05) is 0 Å². The van der Waals surface area contributed by atoms with Crippen molar-refractivity contribution in [3.05, 3.63) is 58.4 Å². The highest BCUT2D eigenvalue weighted by Gasteiger charge is 2.14. The number of carbonyl (C=O) groups is 2. The standard InChI is InChI=1S/C14H12ClN3O2/c1-8-3-2-4-10(12(8)13(16)19)18-14(20)9-5-6-17-11(15)7-9/h2-7H,1H3,(H2,16,19)(H,18,20). The third-order valence-corrected chi connectivity index (χ3v) is 2.96. The zero-order valence-corrected chi connectivity index (χ0v) is 11.4. The SMILES string of the molecule is Cc1cccc(NC(=O)c2ccnc(Cl)c2)c1C(N)=O. The number of aryl methyl sites for hydroxylation is 1. The van der Waals surface area contributed by atoms with Crippen molar-refractivity contribution in [3.8, 4) is 0 Å². The number of nitrogens with two attached hydrogens (primary N) is 1. The molecule has 0 aliphatic carbocycles. The number of rotatable bonds is 3. The van der Waals surface area contributed by atoms with Crippen molar-refractivity contribution in [1.29, 1.82) is 0 Å². The molecule has 20 heavy (non-hydrogen) atoms. The van der Waals surface area contributed by atoms with Gasteiger partial charge in [-0.15, -0.1) is 0 Å². The minimum absolute atomic E-state index is 0.219. The molecule has 0 atom stereocenters. The molecule has 102 valence electrons. The normalized spacial score (nSPS) is 10.1. The Morgan fingerprint density at radius 3 is 2.70 bits per heavy atom. The summed E-state index contributed by atoms with van der Waals surface area (Å²) in [6, 6.07) is 8.07. The largest absolute Gasteiger partial charge is 0.366 e. The highest BCUT2D eigenvalue weighted by molar-refractivity contribution is 6.29. The lowest BCUT2D eigenvalue weighted by Crippen LogP contribution is -2.19. The number of nitrogens with zero attached hydrogens (tertiary/aromatic N) is 1. The molecule has 0 spiro atoms. The Morgan fingerprint density at radius 1 is 1.30 bits per heavy atom. The molecule has 0 fully saturated rings. The van der Waals surface area contributed by atoms with E-state index in [-0.39, 0.29) is 11.1 Å². The lowest BCUT2D eigenvalue weighted by atomic mass is 10.1. The van der Waals surface area contributed by atoms with Crippen molar-refractivity contribution in [2.24, 2.45) is 5.73 Å². The molecule has 0 bridgehead atoms. The molecule has 0 unspecified atom stereocenters. The summed E-state index contributed by atoms with van der Waals surface area (Å²) in [7, 11) is 0. The molecule has 3 N–H and O–H groups in total. The molecule has 0 aliphatic heterocycles. The highest BCUT2D eigenvalue weighted by Crippen LogP contribution is 2.20. The summed E-state index contributed by atoms with van der Waals surface area (Å²) >= 11 is 5.73. The van der Waals surface area contributed by atoms with Gasteiger partial charge in [-0.2, -0.15) is 0 Å². The number of benzene rings is 1.